The highest BCUT2D eigenvalue weighted by atomic mass is 31.2. The normalized spacial score (nSPS) is 22.1. The summed E-state index contributed by atoms with van der Waals surface area (Å²) in [6.07, 6.45) is 10.7. The quantitative estimate of drug-likeness (QED) is 0.0179. The summed E-state index contributed by atoms with van der Waals surface area (Å²) < 4.78 is 65.4. The third-order valence-electron chi connectivity index (χ3n) is 10.8. The van der Waals surface area contributed by atoms with Crippen LogP contribution < -0.4 is 5.73 Å². The number of phosphoric acid groups is 3. The number of aliphatic hydroxyl groups excluding tert-OH is 3. The van der Waals surface area contributed by atoms with E-state index in [0.29, 0.717) is 12.8 Å². The number of nitrogens with two attached hydrogens (primary N) is 1. The molecule has 1 saturated carbocycles. The predicted molar refractivity (Wildman–Crippen MR) is 233 cm³/mol. The van der Waals surface area contributed by atoms with Gasteiger partial charge >= 0.3 is 35.4 Å². The third-order valence-corrected chi connectivity index (χ3v) is 12.8. The van der Waals surface area contributed by atoms with Crippen molar-refractivity contribution in [1.82, 2.24) is 0 Å². The Morgan fingerprint density at radius 3 is 1.19 bits per heavy atom. The molecule has 0 heterocycles. The highest BCUT2D eigenvalue weighted by Gasteiger charge is 2.56. The van der Waals surface area contributed by atoms with Gasteiger partial charge in [0.15, 0.2) is 6.10 Å². The van der Waals surface area contributed by atoms with E-state index in [4.69, 9.17) is 24.3 Å². The van der Waals surface area contributed by atoms with Gasteiger partial charge in [-0.15, -0.1) is 0 Å². The van der Waals surface area contributed by atoms with Crippen LogP contribution >= 0.6 is 23.5 Å². The maximum Gasteiger partial charge on any atom is 0.472 e. The van der Waals surface area contributed by atoms with E-state index in [0.717, 1.165) is 77.2 Å². The second-order valence-corrected chi connectivity index (χ2v) is 20.3. The minimum atomic E-state index is -5.55. The van der Waals surface area contributed by atoms with Crippen molar-refractivity contribution in [2.24, 2.45) is 5.73 Å². The number of carbonyl (C=O) groups excluding carboxylic acids is 2. The molecule has 0 saturated heterocycles. The Hall–Kier alpha value is -0.890. The zero-order chi connectivity index (χ0) is 47.2. The van der Waals surface area contributed by atoms with E-state index < -0.39 is 91.3 Å². The van der Waals surface area contributed by atoms with E-state index in [1.54, 1.807) is 0 Å². The van der Waals surface area contributed by atoms with E-state index in [-0.39, 0.29) is 12.8 Å². The second kappa shape index (κ2) is 34.4. The van der Waals surface area contributed by atoms with Crippen LogP contribution in [0.25, 0.3) is 0 Å². The summed E-state index contributed by atoms with van der Waals surface area (Å²) in [5.41, 5.74) is 5.53. The Morgan fingerprint density at radius 2 is 0.825 bits per heavy atom. The third kappa shape index (κ3) is 30.9. The molecule has 0 spiro atoms. The van der Waals surface area contributed by atoms with Gasteiger partial charge in [-0.05, 0) is 25.8 Å². The smallest absolute Gasteiger partial charge is 0.462 e. The lowest BCUT2D eigenvalue weighted by Crippen LogP contribution is -2.65. The van der Waals surface area contributed by atoms with E-state index in [1.165, 1.54) is 77.0 Å². The van der Waals surface area contributed by atoms with Crippen LogP contribution in [0.3, 0.4) is 0 Å². The molecule has 0 aliphatic heterocycles. The Labute approximate surface area is 373 Å². The first-order chi connectivity index (χ1) is 29.8. The zero-order valence-electron chi connectivity index (χ0n) is 37.2. The molecule has 0 amide bonds. The van der Waals surface area contributed by atoms with Crippen LogP contribution in [0.4, 0.5) is 0 Å². The average molecular weight is 972 g/mol. The van der Waals surface area contributed by atoms with Crippen LogP contribution in [0.5, 0.6) is 0 Å². The van der Waals surface area contributed by atoms with Crippen LogP contribution in [-0.4, -0.2) is 114 Å². The van der Waals surface area contributed by atoms with E-state index in [1.807, 2.05) is 0 Å². The van der Waals surface area contributed by atoms with Crippen LogP contribution in [0.1, 0.15) is 180 Å². The molecule has 0 aromatic carbocycles. The van der Waals surface area contributed by atoms with Gasteiger partial charge in [0.2, 0.25) is 0 Å². The Balaban J connectivity index is 2.76. The highest BCUT2D eigenvalue weighted by molar-refractivity contribution is 7.47. The topological polar surface area (TPSA) is 329 Å². The van der Waals surface area contributed by atoms with Crippen molar-refractivity contribution in [3.05, 3.63) is 0 Å². The summed E-state index contributed by atoms with van der Waals surface area (Å²) >= 11 is 0. The molecule has 8 atom stereocenters. The number of hydrogen-bond acceptors (Lipinski definition) is 15. The van der Waals surface area contributed by atoms with Crippen molar-refractivity contribution in [2.75, 3.05) is 19.8 Å². The maximum atomic E-state index is 13.1. The molecule has 63 heavy (non-hydrogen) atoms. The fraction of sp³-hybridized carbons (Fsp3) is 0.950. The van der Waals surface area contributed by atoms with Crippen molar-refractivity contribution in [3.63, 3.8) is 0 Å². The summed E-state index contributed by atoms with van der Waals surface area (Å²) in [5, 5.41) is 31.8. The standard InChI is InChI=1S/C40H80NO19P3/c1-2-3-4-5-6-7-8-9-13-16-19-22-25-28-34(43)57-32(30-55-33(42)27-24-21-18-15-12-10-11-14-17-20-23-26-29-41)31-56-63(53,54)60-40-36(45)38(58-61(47,48)49)35(44)39(37(40)46)59-62(50,51)52/h32,35-40,44-46H,2-31,41H2,1H3,(H,53,54)(H2,47,48,49)(H2,50,51,52)/t32-,35?,36+,37?,38+,39-,40?/m1/s1. The molecular weight excluding hydrogens is 891 g/mol. The number of ether oxygens (including phenoxy) is 2. The molecule has 23 heteroatoms. The molecule has 1 rings (SSSR count). The van der Waals surface area contributed by atoms with Crippen LogP contribution in [0.2, 0.25) is 0 Å². The second-order valence-electron chi connectivity index (χ2n) is 16.5. The molecule has 1 fully saturated rings. The zero-order valence-corrected chi connectivity index (χ0v) is 39.9. The summed E-state index contributed by atoms with van der Waals surface area (Å²) in [4.78, 5) is 73.1. The summed E-state index contributed by atoms with van der Waals surface area (Å²) in [6, 6.07) is 0. The van der Waals surface area contributed by atoms with Gasteiger partial charge in [-0.1, -0.05) is 148 Å². The molecule has 4 unspecified atom stereocenters. The van der Waals surface area contributed by atoms with Gasteiger partial charge in [0.05, 0.1) is 6.61 Å². The number of phosphoric ester groups is 3. The summed E-state index contributed by atoms with van der Waals surface area (Å²) in [6.45, 7) is 1.44. The molecule has 0 aromatic heterocycles. The number of rotatable bonds is 40. The van der Waals surface area contributed by atoms with Gasteiger partial charge in [-0.25, -0.2) is 13.7 Å². The molecule has 1 aliphatic carbocycles. The average Bonchev–Trinajstić information content (AvgIpc) is 3.20. The van der Waals surface area contributed by atoms with Crippen molar-refractivity contribution >= 4 is 35.4 Å². The predicted octanol–water partition coefficient (Wildman–Crippen LogP) is 6.51. The minimum absolute atomic E-state index is 0.00497. The van der Waals surface area contributed by atoms with Gasteiger partial charge in [-0.3, -0.25) is 27.7 Å². The fourth-order valence-corrected chi connectivity index (χ4v) is 9.41. The van der Waals surface area contributed by atoms with E-state index >= 15 is 0 Å². The Kier molecular flexibility index (Phi) is 32.8. The molecule has 1 aliphatic rings. The van der Waals surface area contributed by atoms with E-state index in [9.17, 15) is 63.1 Å². The lowest BCUT2D eigenvalue weighted by molar-refractivity contribution is -0.213. The van der Waals surface area contributed by atoms with Crippen molar-refractivity contribution < 1.29 is 90.6 Å². The molecule has 10 N–H and O–H groups in total. The van der Waals surface area contributed by atoms with Crippen LogP contribution in [0.15, 0.2) is 0 Å². The number of carbonyl (C=O) groups is 2. The number of aliphatic hydroxyl groups is 3. The number of esters is 2. The van der Waals surface area contributed by atoms with Crippen LogP contribution in [-0.2, 0) is 50.9 Å². The van der Waals surface area contributed by atoms with Crippen molar-refractivity contribution in [2.45, 2.75) is 223 Å². The van der Waals surface area contributed by atoms with Gasteiger partial charge < -0.3 is 55.0 Å². The molecule has 0 aromatic rings. The molecule has 0 radical (unpaired) electrons. The summed E-state index contributed by atoms with van der Waals surface area (Å²) in [7, 11) is -16.6. The van der Waals surface area contributed by atoms with E-state index in [2.05, 4.69) is 16.0 Å². The first kappa shape index (κ1) is 60.1. The highest BCUT2D eigenvalue weighted by Crippen LogP contribution is 2.51. The molecule has 374 valence electrons. The largest absolute Gasteiger partial charge is 0.472 e. The minimum Gasteiger partial charge on any atom is -0.462 e. The SMILES string of the molecule is CCCCCCCCCCCCCCCC(=O)O[C@H](COC(=O)CCCCCCCCCCCCCCN)COP(=O)(O)OC1C(O)[C@H](OP(=O)(O)O)C(O)[C@H](OP(=O)(O)O)[C@@H]1O. The lowest BCUT2D eigenvalue weighted by atomic mass is 9.85. The molecule has 0 bridgehead atoms. The number of unbranched alkanes of at least 4 members (excludes halogenated alkanes) is 23. The van der Waals surface area contributed by atoms with Gasteiger partial charge in [0, 0.05) is 12.8 Å². The van der Waals surface area contributed by atoms with Crippen LogP contribution in [0, 0.1) is 0 Å². The van der Waals surface area contributed by atoms with Crippen molar-refractivity contribution in [3.8, 4) is 0 Å². The monoisotopic (exact) mass is 971 g/mol. The summed E-state index contributed by atoms with van der Waals surface area (Å²) in [5.74, 6) is -1.31. The molecular formula is C40H80NO19P3. The molecule has 20 nitrogen and oxygen atoms in total. The Bertz CT molecular complexity index is 1310. The van der Waals surface area contributed by atoms with Crippen molar-refractivity contribution in [1.29, 1.82) is 0 Å². The fourth-order valence-electron chi connectivity index (χ4n) is 7.31. The van der Waals surface area contributed by atoms with Gasteiger partial charge in [0.1, 0.15) is 43.2 Å². The lowest BCUT2D eigenvalue weighted by Gasteiger charge is -2.44. The van der Waals surface area contributed by atoms with Gasteiger partial charge in [0.25, 0.3) is 0 Å². The Morgan fingerprint density at radius 1 is 0.492 bits per heavy atom. The number of hydrogen-bond donors (Lipinski definition) is 9. The first-order valence-corrected chi connectivity index (χ1v) is 27.6. The first-order valence-electron chi connectivity index (χ1n) is 23.0. The maximum absolute atomic E-state index is 13.1. The van der Waals surface area contributed by atoms with Gasteiger partial charge in [-0.2, -0.15) is 0 Å².